The number of anilines is 2. The van der Waals surface area contributed by atoms with Crippen LogP contribution < -0.4 is 9.62 Å². The van der Waals surface area contributed by atoms with Gasteiger partial charge in [0.15, 0.2) is 0 Å². The van der Waals surface area contributed by atoms with E-state index in [1.165, 1.54) is 10.6 Å². The summed E-state index contributed by atoms with van der Waals surface area (Å²) in [6.45, 7) is 6.20. The van der Waals surface area contributed by atoms with E-state index in [1.54, 1.807) is 18.2 Å². The van der Waals surface area contributed by atoms with Crippen molar-refractivity contribution >= 4 is 27.3 Å². The summed E-state index contributed by atoms with van der Waals surface area (Å²) in [7, 11) is -3.51. The number of rotatable bonds is 8. The highest BCUT2D eigenvalue weighted by Crippen LogP contribution is 2.24. The predicted molar refractivity (Wildman–Crippen MR) is 132 cm³/mol. The summed E-state index contributed by atoms with van der Waals surface area (Å²) >= 11 is 0. The summed E-state index contributed by atoms with van der Waals surface area (Å²) in [5.74, 6) is -0.215. The van der Waals surface area contributed by atoms with E-state index in [0.29, 0.717) is 11.3 Å². The van der Waals surface area contributed by atoms with Crippen molar-refractivity contribution in [2.75, 3.05) is 15.9 Å². The van der Waals surface area contributed by atoms with E-state index < -0.39 is 10.0 Å². The van der Waals surface area contributed by atoms with Crippen molar-refractivity contribution < 1.29 is 13.2 Å². The molecule has 0 aliphatic rings. The Morgan fingerprint density at radius 1 is 0.938 bits per heavy atom. The third kappa shape index (κ3) is 5.77. The zero-order valence-electron chi connectivity index (χ0n) is 19.1. The maximum Gasteiger partial charge on any atom is 0.255 e. The summed E-state index contributed by atoms with van der Waals surface area (Å²) in [6, 6.07) is 20.5. The number of para-hydroxylation sites is 1. The highest BCUT2D eigenvalue weighted by atomic mass is 32.2. The van der Waals surface area contributed by atoms with Crippen molar-refractivity contribution in [1.29, 1.82) is 0 Å². The van der Waals surface area contributed by atoms with Crippen molar-refractivity contribution in [2.24, 2.45) is 0 Å². The van der Waals surface area contributed by atoms with Gasteiger partial charge in [-0.2, -0.15) is 0 Å². The molecule has 168 valence electrons. The summed E-state index contributed by atoms with van der Waals surface area (Å²) in [5.41, 5.74) is 5.86. The van der Waals surface area contributed by atoms with Crippen LogP contribution in [0.2, 0.25) is 0 Å². The molecule has 0 aliphatic carbocycles. The molecule has 3 aromatic rings. The molecule has 1 N–H and O–H groups in total. The van der Waals surface area contributed by atoms with Crippen LogP contribution in [0.15, 0.2) is 66.7 Å². The van der Waals surface area contributed by atoms with Crippen LogP contribution in [0.5, 0.6) is 0 Å². The zero-order chi connectivity index (χ0) is 23.3. The number of hydrogen-bond acceptors (Lipinski definition) is 3. The van der Waals surface area contributed by atoms with Gasteiger partial charge in [0.25, 0.3) is 5.91 Å². The minimum Gasteiger partial charge on any atom is -0.322 e. The smallest absolute Gasteiger partial charge is 0.255 e. The minimum atomic E-state index is -3.51. The van der Waals surface area contributed by atoms with E-state index in [0.717, 1.165) is 40.8 Å². The largest absolute Gasteiger partial charge is 0.322 e. The fourth-order valence-corrected chi connectivity index (χ4v) is 4.46. The lowest BCUT2D eigenvalue weighted by molar-refractivity contribution is 0.102. The average molecular weight is 451 g/mol. The molecule has 0 heterocycles. The molecule has 6 heteroatoms. The summed E-state index contributed by atoms with van der Waals surface area (Å²) in [5, 5.41) is 3.00. The number of benzene rings is 3. The summed E-state index contributed by atoms with van der Waals surface area (Å²) < 4.78 is 26.4. The molecule has 32 heavy (non-hydrogen) atoms. The normalized spacial score (nSPS) is 11.2. The van der Waals surface area contributed by atoms with Crippen molar-refractivity contribution in [3.8, 4) is 0 Å². The van der Waals surface area contributed by atoms with E-state index in [4.69, 9.17) is 0 Å². The molecule has 1 amide bonds. The van der Waals surface area contributed by atoms with Crippen molar-refractivity contribution in [3.63, 3.8) is 0 Å². The molecule has 3 rings (SSSR count). The van der Waals surface area contributed by atoms with Gasteiger partial charge in [0.1, 0.15) is 0 Å². The molecule has 0 saturated heterocycles. The maximum absolute atomic E-state index is 12.9. The molecule has 0 fully saturated rings. The van der Waals surface area contributed by atoms with Crippen molar-refractivity contribution in [3.05, 3.63) is 94.5 Å². The number of nitrogens with one attached hydrogen (secondary N) is 1. The first-order chi connectivity index (χ1) is 15.2. The zero-order valence-corrected chi connectivity index (χ0v) is 19.9. The first kappa shape index (κ1) is 23.5. The van der Waals surface area contributed by atoms with Gasteiger partial charge in [-0.3, -0.25) is 9.10 Å². The monoisotopic (exact) mass is 450 g/mol. The molecule has 5 nitrogen and oxygen atoms in total. The second-order valence-corrected chi connectivity index (χ2v) is 10.0. The Morgan fingerprint density at radius 2 is 1.69 bits per heavy atom. The third-order valence-corrected chi connectivity index (χ3v) is 6.62. The Morgan fingerprint density at radius 3 is 2.38 bits per heavy atom. The van der Waals surface area contributed by atoms with Gasteiger partial charge in [0.05, 0.1) is 18.5 Å². The number of carbonyl (C=O) groups is 1. The molecule has 0 bridgehead atoms. The molecule has 0 unspecified atom stereocenters. The maximum atomic E-state index is 12.9. The molecule has 0 spiro atoms. The first-order valence-corrected chi connectivity index (χ1v) is 12.6. The summed E-state index contributed by atoms with van der Waals surface area (Å²) in [6.07, 6.45) is 3.07. The number of aryl methyl sites for hydroxylation is 3. The molecular weight excluding hydrogens is 420 g/mol. The molecule has 0 radical (unpaired) electrons. The lowest BCUT2D eigenvalue weighted by atomic mass is 10.1. The van der Waals surface area contributed by atoms with Gasteiger partial charge in [-0.1, -0.05) is 49.7 Å². The number of carbonyl (C=O) groups excluding carboxylic acids is 1. The number of hydrogen-bond donors (Lipinski definition) is 1. The van der Waals surface area contributed by atoms with Crippen LogP contribution in [0.25, 0.3) is 0 Å². The second-order valence-electron chi connectivity index (χ2n) is 8.10. The molecule has 0 aliphatic heterocycles. The van der Waals surface area contributed by atoms with E-state index in [9.17, 15) is 13.2 Å². The van der Waals surface area contributed by atoms with Gasteiger partial charge in [0, 0.05) is 11.3 Å². The topological polar surface area (TPSA) is 66.5 Å². The van der Waals surface area contributed by atoms with E-state index in [1.807, 2.05) is 62.4 Å². The fourth-order valence-electron chi connectivity index (χ4n) is 3.58. The van der Waals surface area contributed by atoms with Crippen molar-refractivity contribution in [2.45, 2.75) is 40.2 Å². The number of sulfonamides is 1. The SMILES string of the molecule is CCCc1ccccc1NC(=O)c1cccc(CN(c2ccc(C)c(C)c2)S(C)(=O)=O)c1. The molecule has 3 aromatic carbocycles. The first-order valence-electron chi connectivity index (χ1n) is 10.7. The molecule has 0 atom stereocenters. The van der Waals surface area contributed by atoms with Gasteiger partial charge in [-0.05, 0) is 72.9 Å². The van der Waals surface area contributed by atoms with Crippen LogP contribution in [0, 0.1) is 13.8 Å². The Balaban J connectivity index is 1.86. The highest BCUT2D eigenvalue weighted by molar-refractivity contribution is 7.92. The van der Waals surface area contributed by atoms with Crippen LogP contribution in [0.1, 0.15) is 46.0 Å². The Kier molecular flexibility index (Phi) is 7.36. The lowest BCUT2D eigenvalue weighted by Crippen LogP contribution is -2.29. The van der Waals surface area contributed by atoms with E-state index in [-0.39, 0.29) is 12.5 Å². The molecule has 0 saturated carbocycles. The van der Waals surface area contributed by atoms with Gasteiger partial charge < -0.3 is 5.32 Å². The molecule has 0 aromatic heterocycles. The van der Waals surface area contributed by atoms with Crippen LogP contribution >= 0.6 is 0 Å². The standard InChI is InChI=1S/C26H30N2O3S/c1-5-9-22-11-6-7-13-25(22)27-26(29)23-12-8-10-21(17-23)18-28(32(4,30)31)24-15-14-19(2)20(3)16-24/h6-8,10-17H,5,9,18H2,1-4H3,(H,27,29). The van der Waals surface area contributed by atoms with Crippen LogP contribution in [-0.4, -0.2) is 20.6 Å². The lowest BCUT2D eigenvalue weighted by Gasteiger charge is -2.23. The van der Waals surface area contributed by atoms with Crippen molar-refractivity contribution in [1.82, 2.24) is 0 Å². The quantitative estimate of drug-likeness (QED) is 0.495. The average Bonchev–Trinajstić information content (AvgIpc) is 2.75. The van der Waals surface area contributed by atoms with Crippen LogP contribution in [-0.2, 0) is 23.0 Å². The van der Waals surface area contributed by atoms with Gasteiger partial charge in [-0.25, -0.2) is 8.42 Å². The minimum absolute atomic E-state index is 0.148. The van der Waals surface area contributed by atoms with Crippen LogP contribution in [0.4, 0.5) is 11.4 Å². The number of nitrogens with zero attached hydrogens (tertiary/aromatic N) is 1. The van der Waals surface area contributed by atoms with Crippen LogP contribution in [0.3, 0.4) is 0 Å². The summed E-state index contributed by atoms with van der Waals surface area (Å²) in [4.78, 5) is 12.9. The Labute approximate surface area is 191 Å². The highest BCUT2D eigenvalue weighted by Gasteiger charge is 2.19. The molecular formula is C26H30N2O3S. The predicted octanol–water partition coefficient (Wildman–Crippen LogP) is 5.47. The second kappa shape index (κ2) is 10.0. The van der Waals surface area contributed by atoms with E-state index >= 15 is 0 Å². The third-order valence-electron chi connectivity index (χ3n) is 5.48. The Bertz CT molecular complexity index is 1220. The van der Waals surface area contributed by atoms with E-state index in [2.05, 4.69) is 12.2 Å². The van der Waals surface area contributed by atoms with Gasteiger partial charge in [0.2, 0.25) is 10.0 Å². The van der Waals surface area contributed by atoms with Gasteiger partial charge in [-0.15, -0.1) is 0 Å². The Hall–Kier alpha value is -3.12. The van der Waals surface area contributed by atoms with Gasteiger partial charge >= 0.3 is 0 Å². The fraction of sp³-hybridized carbons (Fsp3) is 0.269. The number of amides is 1.